The summed E-state index contributed by atoms with van der Waals surface area (Å²) in [4.78, 5) is 14.0. The predicted octanol–water partition coefficient (Wildman–Crippen LogP) is 3.77. The van der Waals surface area contributed by atoms with Crippen LogP contribution in [-0.2, 0) is 6.54 Å². The highest BCUT2D eigenvalue weighted by molar-refractivity contribution is 6.12. The van der Waals surface area contributed by atoms with Gasteiger partial charge in [-0.3, -0.25) is 4.79 Å². The maximum atomic E-state index is 14.0. The van der Waals surface area contributed by atoms with E-state index in [4.69, 9.17) is 0 Å². The van der Waals surface area contributed by atoms with Crippen LogP contribution >= 0.6 is 0 Å². The first-order chi connectivity index (χ1) is 19.6. The molecule has 0 aliphatic carbocycles. The fourth-order valence-corrected chi connectivity index (χ4v) is 5.02. The van der Waals surface area contributed by atoms with E-state index in [1.807, 2.05) is 50.2 Å². The second-order valence-corrected chi connectivity index (χ2v) is 10.2. The predicted molar refractivity (Wildman–Crippen MR) is 155 cm³/mol. The van der Waals surface area contributed by atoms with Crippen LogP contribution in [0.25, 0.3) is 22.4 Å². The minimum Gasteiger partial charge on any atom is -0.394 e. The Bertz CT molecular complexity index is 1440. The zero-order chi connectivity index (χ0) is 29.7. The Hall–Kier alpha value is -3.86. The van der Waals surface area contributed by atoms with Gasteiger partial charge in [-0.15, -0.1) is 0 Å². The lowest BCUT2D eigenvalue weighted by Crippen LogP contribution is -2.47. The topological polar surface area (TPSA) is 135 Å². The van der Waals surface area contributed by atoms with E-state index < -0.39 is 42.7 Å². The summed E-state index contributed by atoms with van der Waals surface area (Å²) in [6, 6.07) is 23.9. The molecular weight excluding hydrogens is 527 g/mol. The number of nitrogens with one attached hydrogen (secondary N) is 1. The highest BCUT2D eigenvalue weighted by atomic mass is 19.1. The van der Waals surface area contributed by atoms with Crippen molar-refractivity contribution in [3.05, 3.63) is 102 Å². The number of halogens is 1. The molecule has 0 saturated heterocycles. The maximum Gasteiger partial charge on any atom is 0.258 e. The fraction of sp³-hybridized carbons (Fsp3) is 0.281. The van der Waals surface area contributed by atoms with Gasteiger partial charge >= 0.3 is 0 Å². The Kier molecular flexibility index (Phi) is 9.69. The van der Waals surface area contributed by atoms with Gasteiger partial charge in [0.05, 0.1) is 24.4 Å². The molecule has 4 aromatic rings. The highest BCUT2D eigenvalue weighted by Gasteiger charge is 2.35. The number of carbonyl (C=O) groups is 1. The number of hydrogen-bond acceptors (Lipinski definition) is 6. The van der Waals surface area contributed by atoms with Crippen LogP contribution in [0.15, 0.2) is 84.9 Å². The number of nitrogens with zero attached hydrogens (tertiary/aromatic N) is 1. The van der Waals surface area contributed by atoms with Crippen LogP contribution in [0.2, 0.25) is 0 Å². The number of aliphatic hydroxyl groups excluding tert-OH is 5. The lowest BCUT2D eigenvalue weighted by molar-refractivity contribution is -0.117. The summed E-state index contributed by atoms with van der Waals surface area (Å²) >= 11 is 0. The van der Waals surface area contributed by atoms with Gasteiger partial charge in [0.25, 0.3) is 5.91 Å². The van der Waals surface area contributed by atoms with Crippen molar-refractivity contribution in [2.24, 2.45) is 0 Å². The molecule has 4 rings (SSSR count). The number of anilines is 1. The van der Waals surface area contributed by atoms with Gasteiger partial charge in [-0.25, -0.2) is 4.39 Å². The molecule has 0 bridgehead atoms. The molecule has 1 aromatic heterocycles. The van der Waals surface area contributed by atoms with Crippen molar-refractivity contribution in [3.8, 4) is 22.4 Å². The molecule has 1 amide bonds. The van der Waals surface area contributed by atoms with Gasteiger partial charge in [-0.1, -0.05) is 62.4 Å². The number of amides is 1. The van der Waals surface area contributed by atoms with E-state index in [0.29, 0.717) is 39.3 Å². The van der Waals surface area contributed by atoms with Gasteiger partial charge in [0.15, 0.2) is 0 Å². The summed E-state index contributed by atoms with van der Waals surface area (Å²) in [5.74, 6) is -1.11. The van der Waals surface area contributed by atoms with E-state index in [0.717, 1.165) is 0 Å². The Labute approximate surface area is 238 Å². The van der Waals surface area contributed by atoms with Gasteiger partial charge in [-0.05, 0) is 53.4 Å². The minimum atomic E-state index is -1.82. The summed E-state index contributed by atoms with van der Waals surface area (Å²) in [7, 11) is 0. The van der Waals surface area contributed by atoms with Crippen LogP contribution in [-0.4, -0.2) is 67.0 Å². The summed E-state index contributed by atoms with van der Waals surface area (Å²) in [5, 5.41) is 54.0. The lowest BCUT2D eigenvalue weighted by atomic mass is 9.94. The standard InChI is InChI=1S/C32H35FN2O6/c1-19(2)28-27(32(41)34-23-11-7-4-8-12-23)26(20-9-5-3-6-10-20)29(21-13-15-22(33)16-14-21)35(28)17-24(37)30(39)31(40)25(38)18-36/h3-16,19,24-25,30-31,36-40H,17-18H2,1-2H3,(H,34,41)/t24-,25-,30-,31-/m1/s1. The molecule has 0 aliphatic rings. The Morgan fingerprint density at radius 2 is 1.37 bits per heavy atom. The van der Waals surface area contributed by atoms with E-state index in [9.17, 15) is 34.7 Å². The molecule has 6 N–H and O–H groups in total. The summed E-state index contributed by atoms with van der Waals surface area (Å²) in [5.41, 5.74) is 3.78. The third kappa shape index (κ3) is 6.56. The second-order valence-electron chi connectivity index (χ2n) is 10.2. The molecular formula is C32H35FN2O6. The molecule has 0 aliphatic heterocycles. The van der Waals surface area contributed by atoms with Gasteiger partial charge < -0.3 is 35.4 Å². The van der Waals surface area contributed by atoms with Crippen molar-refractivity contribution in [2.45, 2.75) is 50.7 Å². The van der Waals surface area contributed by atoms with Crippen molar-refractivity contribution in [2.75, 3.05) is 11.9 Å². The van der Waals surface area contributed by atoms with Crippen LogP contribution in [0.3, 0.4) is 0 Å². The molecule has 8 nitrogen and oxygen atoms in total. The first-order valence-corrected chi connectivity index (χ1v) is 13.4. The van der Waals surface area contributed by atoms with Crippen LogP contribution in [0.1, 0.15) is 35.8 Å². The van der Waals surface area contributed by atoms with Crippen LogP contribution < -0.4 is 5.32 Å². The van der Waals surface area contributed by atoms with Crippen molar-refractivity contribution in [3.63, 3.8) is 0 Å². The number of rotatable bonds is 11. The number of para-hydroxylation sites is 1. The molecule has 0 radical (unpaired) electrons. The number of benzene rings is 3. The normalized spacial score (nSPS) is 14.5. The minimum absolute atomic E-state index is 0.263. The number of carbonyl (C=O) groups excluding carboxylic acids is 1. The van der Waals surface area contributed by atoms with Crippen LogP contribution in [0, 0.1) is 5.82 Å². The smallest absolute Gasteiger partial charge is 0.258 e. The molecule has 0 fully saturated rings. The van der Waals surface area contributed by atoms with E-state index >= 15 is 0 Å². The Morgan fingerprint density at radius 3 is 1.93 bits per heavy atom. The zero-order valence-corrected chi connectivity index (χ0v) is 22.9. The average molecular weight is 563 g/mol. The van der Waals surface area contributed by atoms with E-state index in [2.05, 4.69) is 5.32 Å². The van der Waals surface area contributed by atoms with Crippen molar-refractivity contribution < 1.29 is 34.7 Å². The molecule has 0 unspecified atom stereocenters. The van der Waals surface area contributed by atoms with E-state index in [1.54, 1.807) is 41.0 Å². The quantitative estimate of drug-likeness (QED) is 0.165. The van der Waals surface area contributed by atoms with Gasteiger partial charge in [0.2, 0.25) is 0 Å². The first-order valence-electron chi connectivity index (χ1n) is 13.4. The molecule has 216 valence electrons. The molecule has 3 aromatic carbocycles. The van der Waals surface area contributed by atoms with Crippen LogP contribution in [0.4, 0.5) is 10.1 Å². The summed E-state index contributed by atoms with van der Waals surface area (Å²) in [6.07, 6.45) is -6.92. The largest absolute Gasteiger partial charge is 0.394 e. The van der Waals surface area contributed by atoms with Crippen molar-refractivity contribution >= 4 is 11.6 Å². The lowest BCUT2D eigenvalue weighted by Gasteiger charge is -2.27. The van der Waals surface area contributed by atoms with E-state index in [1.165, 1.54) is 12.1 Å². The maximum absolute atomic E-state index is 14.0. The second kappa shape index (κ2) is 13.2. The first kappa shape index (κ1) is 30.1. The number of aliphatic hydroxyl groups is 5. The van der Waals surface area contributed by atoms with Gasteiger partial charge in [-0.2, -0.15) is 0 Å². The molecule has 0 saturated carbocycles. The molecule has 0 spiro atoms. The van der Waals surface area contributed by atoms with Crippen molar-refractivity contribution in [1.29, 1.82) is 0 Å². The van der Waals surface area contributed by atoms with Crippen molar-refractivity contribution in [1.82, 2.24) is 4.57 Å². The Balaban J connectivity index is 1.99. The summed E-state index contributed by atoms with van der Waals surface area (Å²) < 4.78 is 15.7. The summed E-state index contributed by atoms with van der Waals surface area (Å²) in [6.45, 7) is 2.69. The average Bonchev–Trinajstić information content (AvgIpc) is 3.32. The number of hydrogen-bond donors (Lipinski definition) is 6. The Morgan fingerprint density at radius 1 is 0.805 bits per heavy atom. The fourth-order valence-electron chi connectivity index (χ4n) is 5.02. The molecule has 41 heavy (non-hydrogen) atoms. The zero-order valence-electron chi connectivity index (χ0n) is 22.9. The monoisotopic (exact) mass is 562 g/mol. The molecule has 4 atom stereocenters. The highest BCUT2D eigenvalue weighted by Crippen LogP contribution is 2.42. The molecule has 1 heterocycles. The van der Waals surface area contributed by atoms with Gasteiger partial charge in [0, 0.05) is 16.9 Å². The molecule has 9 heteroatoms. The number of aromatic nitrogens is 1. The van der Waals surface area contributed by atoms with E-state index in [-0.39, 0.29) is 12.5 Å². The van der Waals surface area contributed by atoms with Crippen LogP contribution in [0.5, 0.6) is 0 Å². The van der Waals surface area contributed by atoms with Gasteiger partial charge in [0.1, 0.15) is 30.2 Å². The third-order valence-electron chi connectivity index (χ3n) is 6.98. The SMILES string of the molecule is CC(C)c1c(C(=O)Nc2ccccc2)c(-c2ccccc2)c(-c2ccc(F)cc2)n1C[C@@H](O)[C@@H](O)[C@H](O)[C@H](O)CO. The third-order valence-corrected chi connectivity index (χ3v) is 6.98.